The molecule has 0 amide bonds. The summed E-state index contributed by atoms with van der Waals surface area (Å²) in [6, 6.07) is 0. The predicted molar refractivity (Wildman–Crippen MR) is 80.7 cm³/mol. The van der Waals surface area contributed by atoms with Gasteiger partial charge in [-0.3, -0.25) is 9.69 Å². The van der Waals surface area contributed by atoms with Crippen LogP contribution in [-0.2, 0) is 4.84 Å². The van der Waals surface area contributed by atoms with E-state index in [-0.39, 0.29) is 11.7 Å². The number of H-pyrrole nitrogens is 1. The number of anilines is 1. The van der Waals surface area contributed by atoms with Crippen molar-refractivity contribution in [2.24, 2.45) is 5.16 Å². The molecule has 114 valence electrons. The average molecular weight is 291 g/mol. The van der Waals surface area contributed by atoms with Crippen LogP contribution >= 0.6 is 0 Å². The molecule has 7 heteroatoms. The number of piperazine rings is 1. The molecular weight excluding hydrogens is 270 g/mol. The van der Waals surface area contributed by atoms with Gasteiger partial charge in [-0.1, -0.05) is 12.1 Å². The summed E-state index contributed by atoms with van der Waals surface area (Å²) in [5, 5.41) is 4.10. The minimum atomic E-state index is -0.119. The van der Waals surface area contributed by atoms with E-state index in [1.165, 1.54) is 0 Å². The SMILES string of the molecule is CCC1=NO[C@@H](CN2CCN(c3ncc[nH]c3=O)CC2)C1. The summed E-state index contributed by atoms with van der Waals surface area (Å²) in [5.74, 6) is 0.519. The fourth-order valence-corrected chi connectivity index (χ4v) is 2.79. The van der Waals surface area contributed by atoms with Gasteiger partial charge in [-0.25, -0.2) is 4.98 Å². The average Bonchev–Trinajstić information content (AvgIpc) is 2.96. The number of aromatic nitrogens is 2. The van der Waals surface area contributed by atoms with Crippen LogP contribution in [0, 0.1) is 0 Å². The van der Waals surface area contributed by atoms with Crippen molar-refractivity contribution in [2.45, 2.75) is 25.9 Å². The number of hydrogen-bond acceptors (Lipinski definition) is 6. The number of oxime groups is 1. The molecule has 1 aromatic heterocycles. The summed E-state index contributed by atoms with van der Waals surface area (Å²) < 4.78 is 0. The molecule has 0 spiro atoms. The van der Waals surface area contributed by atoms with E-state index in [4.69, 9.17) is 4.84 Å². The molecule has 7 nitrogen and oxygen atoms in total. The molecule has 0 aliphatic carbocycles. The lowest BCUT2D eigenvalue weighted by atomic mass is 10.1. The summed E-state index contributed by atoms with van der Waals surface area (Å²) in [7, 11) is 0. The zero-order chi connectivity index (χ0) is 14.7. The molecule has 0 unspecified atom stereocenters. The number of hydrogen-bond donors (Lipinski definition) is 1. The Balaban J connectivity index is 1.50. The molecule has 1 saturated heterocycles. The van der Waals surface area contributed by atoms with E-state index >= 15 is 0 Å². The maximum Gasteiger partial charge on any atom is 0.290 e. The Morgan fingerprint density at radius 2 is 2.19 bits per heavy atom. The second-order valence-corrected chi connectivity index (χ2v) is 5.47. The van der Waals surface area contributed by atoms with Gasteiger partial charge in [0, 0.05) is 51.5 Å². The van der Waals surface area contributed by atoms with Gasteiger partial charge in [0.1, 0.15) is 6.10 Å². The van der Waals surface area contributed by atoms with Gasteiger partial charge in [-0.2, -0.15) is 0 Å². The Kier molecular flexibility index (Phi) is 4.19. The second kappa shape index (κ2) is 6.26. The molecule has 0 aromatic carbocycles. The van der Waals surface area contributed by atoms with E-state index in [0.717, 1.165) is 51.3 Å². The van der Waals surface area contributed by atoms with Crippen molar-refractivity contribution in [3.8, 4) is 0 Å². The maximum absolute atomic E-state index is 11.7. The molecule has 0 saturated carbocycles. The number of nitrogens with zero attached hydrogens (tertiary/aromatic N) is 4. The Morgan fingerprint density at radius 1 is 1.38 bits per heavy atom. The molecule has 1 atom stereocenters. The first-order valence-electron chi connectivity index (χ1n) is 7.49. The monoisotopic (exact) mass is 291 g/mol. The van der Waals surface area contributed by atoms with Crippen molar-refractivity contribution < 1.29 is 4.84 Å². The van der Waals surface area contributed by atoms with E-state index in [0.29, 0.717) is 5.82 Å². The topological polar surface area (TPSA) is 73.8 Å². The molecule has 2 aliphatic rings. The van der Waals surface area contributed by atoms with Crippen LogP contribution in [0.5, 0.6) is 0 Å². The molecule has 0 radical (unpaired) electrons. The molecule has 3 rings (SSSR count). The summed E-state index contributed by atoms with van der Waals surface area (Å²) in [5.41, 5.74) is 1.03. The van der Waals surface area contributed by atoms with Gasteiger partial charge in [0.05, 0.1) is 5.71 Å². The summed E-state index contributed by atoms with van der Waals surface area (Å²) in [6.07, 6.45) is 5.28. The highest BCUT2D eigenvalue weighted by molar-refractivity contribution is 5.85. The minimum absolute atomic E-state index is 0.119. The van der Waals surface area contributed by atoms with Gasteiger partial charge in [-0.05, 0) is 6.42 Å². The van der Waals surface area contributed by atoms with Crippen LogP contribution < -0.4 is 10.5 Å². The lowest BCUT2D eigenvalue weighted by Crippen LogP contribution is -2.50. The van der Waals surface area contributed by atoms with Gasteiger partial charge in [0.2, 0.25) is 0 Å². The molecule has 3 heterocycles. The van der Waals surface area contributed by atoms with Crippen LogP contribution in [0.2, 0.25) is 0 Å². The third-order valence-corrected chi connectivity index (χ3v) is 4.02. The largest absolute Gasteiger partial charge is 0.391 e. The summed E-state index contributed by atoms with van der Waals surface area (Å²) in [6.45, 7) is 6.46. The molecule has 0 bridgehead atoms. The highest BCUT2D eigenvalue weighted by atomic mass is 16.6. The fourth-order valence-electron chi connectivity index (χ4n) is 2.79. The van der Waals surface area contributed by atoms with Crippen LogP contribution in [0.3, 0.4) is 0 Å². The smallest absolute Gasteiger partial charge is 0.290 e. The van der Waals surface area contributed by atoms with Crippen LogP contribution in [0.4, 0.5) is 5.82 Å². The molecule has 2 aliphatic heterocycles. The number of nitrogens with one attached hydrogen (secondary N) is 1. The highest BCUT2D eigenvalue weighted by Crippen LogP contribution is 2.15. The number of aromatic amines is 1. The van der Waals surface area contributed by atoms with Crippen LogP contribution in [0.15, 0.2) is 22.3 Å². The van der Waals surface area contributed by atoms with Gasteiger partial charge in [-0.15, -0.1) is 0 Å². The number of rotatable bonds is 4. The fraction of sp³-hybridized carbons (Fsp3) is 0.643. The Morgan fingerprint density at radius 3 is 2.86 bits per heavy atom. The van der Waals surface area contributed by atoms with Gasteiger partial charge in [0.25, 0.3) is 5.56 Å². The zero-order valence-corrected chi connectivity index (χ0v) is 12.3. The lowest BCUT2D eigenvalue weighted by molar-refractivity contribution is 0.0510. The zero-order valence-electron chi connectivity index (χ0n) is 12.3. The van der Waals surface area contributed by atoms with E-state index in [1.54, 1.807) is 12.4 Å². The molecular formula is C14H21N5O2. The first kappa shape index (κ1) is 14.1. The normalized spacial score (nSPS) is 23.0. The van der Waals surface area contributed by atoms with E-state index in [2.05, 4.69) is 26.9 Å². The Bertz CT molecular complexity index is 562. The third kappa shape index (κ3) is 3.24. The van der Waals surface area contributed by atoms with Crippen LogP contribution in [0.1, 0.15) is 19.8 Å². The van der Waals surface area contributed by atoms with Crippen LogP contribution in [0.25, 0.3) is 0 Å². The van der Waals surface area contributed by atoms with Crippen LogP contribution in [-0.4, -0.2) is 59.4 Å². The van der Waals surface area contributed by atoms with Crippen molar-refractivity contribution >= 4 is 11.5 Å². The lowest BCUT2D eigenvalue weighted by Gasteiger charge is -2.35. The van der Waals surface area contributed by atoms with Crippen molar-refractivity contribution in [2.75, 3.05) is 37.6 Å². The summed E-state index contributed by atoms with van der Waals surface area (Å²) >= 11 is 0. The second-order valence-electron chi connectivity index (χ2n) is 5.47. The van der Waals surface area contributed by atoms with Gasteiger partial charge < -0.3 is 14.7 Å². The van der Waals surface area contributed by atoms with Crippen molar-refractivity contribution in [3.05, 3.63) is 22.7 Å². The van der Waals surface area contributed by atoms with Gasteiger partial charge in [0.15, 0.2) is 5.82 Å². The maximum atomic E-state index is 11.7. The van der Waals surface area contributed by atoms with Gasteiger partial charge >= 0.3 is 0 Å². The molecule has 1 fully saturated rings. The molecule has 1 N–H and O–H groups in total. The molecule has 1 aromatic rings. The first-order valence-corrected chi connectivity index (χ1v) is 7.49. The standard InChI is InChI=1S/C14H21N5O2/c1-2-11-9-12(21-17-11)10-18-5-7-19(8-6-18)13-14(20)16-4-3-15-13/h3-4,12H,2,5-10H2,1H3,(H,16,20)/t12-/m1/s1. The Labute approximate surface area is 123 Å². The predicted octanol–water partition coefficient (Wildman–Crippen LogP) is 0.447. The van der Waals surface area contributed by atoms with Crippen molar-refractivity contribution in [1.29, 1.82) is 0 Å². The third-order valence-electron chi connectivity index (χ3n) is 4.02. The summed E-state index contributed by atoms with van der Waals surface area (Å²) in [4.78, 5) is 28.4. The minimum Gasteiger partial charge on any atom is -0.391 e. The van der Waals surface area contributed by atoms with Crippen molar-refractivity contribution in [1.82, 2.24) is 14.9 Å². The molecule has 21 heavy (non-hydrogen) atoms. The quantitative estimate of drug-likeness (QED) is 0.871. The first-order chi connectivity index (χ1) is 10.3. The highest BCUT2D eigenvalue weighted by Gasteiger charge is 2.26. The van der Waals surface area contributed by atoms with Crippen molar-refractivity contribution in [3.63, 3.8) is 0 Å². The van der Waals surface area contributed by atoms with E-state index < -0.39 is 0 Å². The van der Waals surface area contributed by atoms with E-state index in [1.807, 2.05) is 4.90 Å². The van der Waals surface area contributed by atoms with E-state index in [9.17, 15) is 4.79 Å². The Hall–Kier alpha value is -1.89.